The number of hydrogen-bond donors (Lipinski definition) is 1. The third-order valence-electron chi connectivity index (χ3n) is 3.19. The van der Waals surface area contributed by atoms with E-state index in [0.717, 1.165) is 29.9 Å². The molecule has 0 bridgehead atoms. The van der Waals surface area contributed by atoms with Gasteiger partial charge in [-0.2, -0.15) is 5.10 Å². The minimum atomic E-state index is 0.284. The lowest BCUT2D eigenvalue weighted by atomic mass is 10.2. The van der Waals surface area contributed by atoms with Gasteiger partial charge in [-0.05, 0) is 43.0 Å². The molecule has 0 aliphatic heterocycles. The molecule has 7 heteroatoms. The summed E-state index contributed by atoms with van der Waals surface area (Å²) in [5.41, 5.74) is 2.37. The van der Waals surface area contributed by atoms with Crippen molar-refractivity contribution in [2.24, 2.45) is 0 Å². The van der Waals surface area contributed by atoms with E-state index >= 15 is 0 Å². The van der Waals surface area contributed by atoms with Gasteiger partial charge in [-0.1, -0.05) is 23.9 Å². The van der Waals surface area contributed by atoms with Gasteiger partial charge >= 0.3 is 0 Å². The summed E-state index contributed by atoms with van der Waals surface area (Å²) in [6.45, 7) is 2.31. The minimum absolute atomic E-state index is 0.284. The molecule has 0 aliphatic carbocycles. The van der Waals surface area contributed by atoms with Crippen LogP contribution in [0.5, 0.6) is 5.75 Å². The van der Waals surface area contributed by atoms with Gasteiger partial charge in [0.25, 0.3) is 11.1 Å². The molecule has 23 heavy (non-hydrogen) atoms. The van der Waals surface area contributed by atoms with Gasteiger partial charge in [-0.3, -0.25) is 5.10 Å². The van der Waals surface area contributed by atoms with E-state index in [4.69, 9.17) is 9.15 Å². The topological polar surface area (TPSA) is 76.8 Å². The molecule has 0 amide bonds. The number of benzene rings is 1. The van der Waals surface area contributed by atoms with E-state index in [1.165, 1.54) is 5.56 Å². The molecule has 0 unspecified atom stereocenters. The van der Waals surface area contributed by atoms with Gasteiger partial charge in [-0.15, -0.1) is 10.2 Å². The fourth-order valence-corrected chi connectivity index (χ4v) is 2.77. The number of nitrogens with zero attached hydrogens (tertiary/aromatic N) is 3. The van der Waals surface area contributed by atoms with Gasteiger partial charge in [0.15, 0.2) is 6.61 Å². The molecule has 2 heterocycles. The number of H-pyrrole nitrogens is 1. The summed E-state index contributed by atoms with van der Waals surface area (Å²) in [5, 5.41) is 15.4. The lowest BCUT2D eigenvalue weighted by molar-refractivity contribution is 0.252. The summed E-state index contributed by atoms with van der Waals surface area (Å²) >= 11 is 1.56. The Morgan fingerprint density at radius 3 is 3.09 bits per heavy atom. The second-order valence-electron chi connectivity index (χ2n) is 5.13. The fourth-order valence-electron chi connectivity index (χ4n) is 2.06. The van der Waals surface area contributed by atoms with E-state index in [1.54, 1.807) is 11.8 Å². The van der Waals surface area contributed by atoms with Gasteiger partial charge in [0, 0.05) is 11.9 Å². The van der Waals surface area contributed by atoms with Crippen molar-refractivity contribution in [1.82, 2.24) is 20.4 Å². The quantitative estimate of drug-likeness (QED) is 0.504. The molecule has 0 aliphatic rings. The molecule has 6 nitrogen and oxygen atoms in total. The Hall–Kier alpha value is -2.28. The van der Waals surface area contributed by atoms with Crippen LogP contribution >= 0.6 is 11.8 Å². The van der Waals surface area contributed by atoms with Crippen LogP contribution in [-0.4, -0.2) is 26.1 Å². The van der Waals surface area contributed by atoms with Crippen molar-refractivity contribution < 1.29 is 9.15 Å². The number of rotatable bonds is 8. The summed E-state index contributed by atoms with van der Waals surface area (Å²) in [4.78, 5) is 0. The average molecular weight is 330 g/mol. The van der Waals surface area contributed by atoms with Crippen LogP contribution in [0.2, 0.25) is 0 Å². The minimum Gasteiger partial charge on any atom is -0.484 e. The fraction of sp³-hybridized carbons (Fsp3) is 0.312. The van der Waals surface area contributed by atoms with Gasteiger partial charge in [0.05, 0.1) is 6.20 Å². The summed E-state index contributed by atoms with van der Waals surface area (Å²) in [6, 6.07) is 7.87. The van der Waals surface area contributed by atoms with E-state index in [9.17, 15) is 0 Å². The zero-order valence-corrected chi connectivity index (χ0v) is 13.7. The maximum atomic E-state index is 5.64. The Kier molecular flexibility index (Phi) is 5.31. The van der Waals surface area contributed by atoms with Crippen LogP contribution in [0.3, 0.4) is 0 Å². The van der Waals surface area contributed by atoms with Crippen molar-refractivity contribution in [2.45, 2.75) is 31.6 Å². The van der Waals surface area contributed by atoms with E-state index in [0.29, 0.717) is 11.1 Å². The number of aryl methyl sites for hydroxylation is 2. The first-order chi connectivity index (χ1) is 11.3. The normalized spacial score (nSPS) is 10.8. The lowest BCUT2D eigenvalue weighted by Crippen LogP contribution is -1.95. The van der Waals surface area contributed by atoms with Crippen molar-refractivity contribution in [3.05, 3.63) is 53.7 Å². The molecule has 1 N–H and O–H groups in total. The first-order valence-electron chi connectivity index (χ1n) is 7.42. The Bertz CT molecular complexity index is 727. The monoisotopic (exact) mass is 330 g/mol. The summed E-state index contributed by atoms with van der Waals surface area (Å²) in [6.07, 6.45) is 5.78. The van der Waals surface area contributed by atoms with Crippen LogP contribution in [0.25, 0.3) is 0 Å². The summed E-state index contributed by atoms with van der Waals surface area (Å²) in [7, 11) is 0. The predicted molar refractivity (Wildman–Crippen MR) is 87.4 cm³/mol. The first kappa shape index (κ1) is 15.6. The Balaban J connectivity index is 1.41. The molecule has 2 aromatic heterocycles. The van der Waals surface area contributed by atoms with E-state index in [2.05, 4.69) is 20.4 Å². The van der Waals surface area contributed by atoms with E-state index in [-0.39, 0.29) is 6.61 Å². The summed E-state index contributed by atoms with van der Waals surface area (Å²) in [5.74, 6) is 2.22. The third kappa shape index (κ3) is 4.85. The molecule has 0 saturated carbocycles. The highest BCUT2D eigenvalue weighted by atomic mass is 32.2. The van der Waals surface area contributed by atoms with Crippen LogP contribution in [-0.2, 0) is 13.0 Å². The Morgan fingerprint density at radius 1 is 1.30 bits per heavy atom. The van der Waals surface area contributed by atoms with Crippen molar-refractivity contribution >= 4 is 11.8 Å². The molecule has 1 aromatic carbocycles. The lowest BCUT2D eigenvalue weighted by Gasteiger charge is -2.03. The molecule has 0 saturated heterocycles. The van der Waals surface area contributed by atoms with Crippen LogP contribution < -0.4 is 4.74 Å². The second kappa shape index (κ2) is 7.82. The molecule has 3 aromatic rings. The van der Waals surface area contributed by atoms with Crippen molar-refractivity contribution in [3.63, 3.8) is 0 Å². The number of aromatic amines is 1. The summed E-state index contributed by atoms with van der Waals surface area (Å²) < 4.78 is 11.2. The van der Waals surface area contributed by atoms with Crippen molar-refractivity contribution in [1.29, 1.82) is 0 Å². The zero-order valence-electron chi connectivity index (χ0n) is 12.9. The van der Waals surface area contributed by atoms with Gasteiger partial charge in [0.2, 0.25) is 0 Å². The highest BCUT2D eigenvalue weighted by molar-refractivity contribution is 7.99. The number of aromatic nitrogens is 4. The van der Waals surface area contributed by atoms with E-state index < -0.39 is 0 Å². The van der Waals surface area contributed by atoms with Crippen molar-refractivity contribution in [2.75, 3.05) is 5.75 Å². The molecular formula is C16H18N4O2S. The molecule has 0 spiro atoms. The van der Waals surface area contributed by atoms with Gasteiger partial charge < -0.3 is 9.15 Å². The van der Waals surface area contributed by atoms with Crippen molar-refractivity contribution in [3.8, 4) is 5.75 Å². The molecule has 0 fully saturated rings. The zero-order chi connectivity index (χ0) is 15.9. The number of hydrogen-bond acceptors (Lipinski definition) is 6. The standard InChI is InChI=1S/C16H18N4O2S/c1-12-4-2-6-14(8-12)21-11-15-19-20-16(22-15)23-7-3-5-13-9-17-18-10-13/h2,4,6,8-10H,3,5,7,11H2,1H3,(H,17,18). The van der Waals surface area contributed by atoms with Gasteiger partial charge in [-0.25, -0.2) is 0 Å². The van der Waals surface area contributed by atoms with Crippen LogP contribution in [0.15, 0.2) is 46.3 Å². The number of ether oxygens (including phenoxy) is 1. The van der Waals surface area contributed by atoms with Gasteiger partial charge in [0.1, 0.15) is 5.75 Å². The SMILES string of the molecule is Cc1cccc(OCc2nnc(SCCCc3cn[nH]c3)o2)c1. The highest BCUT2D eigenvalue weighted by Gasteiger charge is 2.07. The number of nitrogens with one attached hydrogen (secondary N) is 1. The van der Waals surface area contributed by atoms with E-state index in [1.807, 2.05) is 43.6 Å². The predicted octanol–water partition coefficient (Wildman–Crippen LogP) is 3.41. The largest absolute Gasteiger partial charge is 0.484 e. The molecule has 0 atom stereocenters. The maximum Gasteiger partial charge on any atom is 0.276 e. The maximum absolute atomic E-state index is 5.64. The molecular weight excluding hydrogens is 312 g/mol. The third-order valence-corrected chi connectivity index (χ3v) is 4.10. The highest BCUT2D eigenvalue weighted by Crippen LogP contribution is 2.19. The first-order valence-corrected chi connectivity index (χ1v) is 8.40. The average Bonchev–Trinajstić information content (AvgIpc) is 3.21. The molecule has 0 radical (unpaired) electrons. The Morgan fingerprint density at radius 2 is 2.26 bits per heavy atom. The van der Waals surface area contributed by atoms with Crippen LogP contribution in [0.1, 0.15) is 23.4 Å². The molecule has 120 valence electrons. The van der Waals surface area contributed by atoms with Crippen LogP contribution in [0.4, 0.5) is 0 Å². The smallest absolute Gasteiger partial charge is 0.276 e. The molecule has 3 rings (SSSR count). The Labute approximate surface area is 138 Å². The second-order valence-corrected chi connectivity index (χ2v) is 6.17. The number of thioether (sulfide) groups is 1. The van der Waals surface area contributed by atoms with Crippen LogP contribution in [0, 0.1) is 6.92 Å².